The molecule has 0 unspecified atom stereocenters. The van der Waals surface area contributed by atoms with Gasteiger partial charge in [0.2, 0.25) is 0 Å². The van der Waals surface area contributed by atoms with Gasteiger partial charge in [-0.1, -0.05) is 18.2 Å². The number of para-hydroxylation sites is 1. The third-order valence-electron chi connectivity index (χ3n) is 2.90. The molecule has 0 bridgehead atoms. The van der Waals surface area contributed by atoms with Gasteiger partial charge in [0.25, 0.3) is 5.91 Å². The Morgan fingerprint density at radius 1 is 1.15 bits per heavy atom. The predicted octanol–water partition coefficient (Wildman–Crippen LogP) is 3.03. The highest BCUT2D eigenvalue weighted by Gasteiger charge is 2.09. The molecule has 0 aliphatic heterocycles. The molecular weight excluding hydrogens is 254 g/mol. The highest BCUT2D eigenvalue weighted by atomic mass is 16.5. The van der Waals surface area contributed by atoms with Gasteiger partial charge in [0.1, 0.15) is 11.5 Å². The Bertz CT molecular complexity index is 585. The molecule has 4 nitrogen and oxygen atoms in total. The zero-order valence-corrected chi connectivity index (χ0v) is 11.5. The number of aryl methyl sites for hydroxylation is 2. The molecule has 0 radical (unpaired) electrons. The van der Waals surface area contributed by atoms with Crippen molar-refractivity contribution >= 4 is 11.6 Å². The van der Waals surface area contributed by atoms with Gasteiger partial charge < -0.3 is 15.2 Å². The minimum atomic E-state index is -0.231. The van der Waals surface area contributed by atoms with Crippen LogP contribution in [0.15, 0.2) is 42.5 Å². The van der Waals surface area contributed by atoms with Crippen molar-refractivity contribution in [3.05, 3.63) is 53.6 Å². The van der Waals surface area contributed by atoms with Gasteiger partial charge in [0, 0.05) is 5.69 Å². The van der Waals surface area contributed by atoms with Crippen molar-refractivity contribution in [2.24, 2.45) is 0 Å². The van der Waals surface area contributed by atoms with Crippen LogP contribution >= 0.6 is 0 Å². The number of hydrogen-bond donors (Lipinski definition) is 2. The van der Waals surface area contributed by atoms with Crippen molar-refractivity contribution in [1.82, 2.24) is 0 Å². The Labute approximate surface area is 118 Å². The molecule has 0 heterocycles. The molecule has 1 amide bonds. The van der Waals surface area contributed by atoms with Crippen molar-refractivity contribution in [2.75, 3.05) is 11.9 Å². The van der Waals surface area contributed by atoms with E-state index in [1.54, 1.807) is 24.3 Å². The lowest BCUT2D eigenvalue weighted by Gasteiger charge is -2.12. The SMILES string of the molecule is Cc1cc(O)cc(C)c1NC(=O)COc1ccccc1. The highest BCUT2D eigenvalue weighted by molar-refractivity contribution is 5.93. The van der Waals surface area contributed by atoms with E-state index in [0.717, 1.165) is 11.1 Å². The maximum Gasteiger partial charge on any atom is 0.262 e. The van der Waals surface area contributed by atoms with Crippen molar-refractivity contribution in [2.45, 2.75) is 13.8 Å². The van der Waals surface area contributed by atoms with E-state index < -0.39 is 0 Å². The largest absolute Gasteiger partial charge is 0.508 e. The number of rotatable bonds is 4. The number of benzene rings is 2. The van der Waals surface area contributed by atoms with Crippen LogP contribution in [0.1, 0.15) is 11.1 Å². The number of hydrogen-bond acceptors (Lipinski definition) is 3. The number of carbonyl (C=O) groups excluding carboxylic acids is 1. The average Bonchev–Trinajstić information content (AvgIpc) is 2.42. The Morgan fingerprint density at radius 2 is 1.75 bits per heavy atom. The van der Waals surface area contributed by atoms with E-state index in [2.05, 4.69) is 5.32 Å². The molecule has 0 saturated heterocycles. The quantitative estimate of drug-likeness (QED) is 0.840. The number of amides is 1. The molecule has 0 aliphatic carbocycles. The van der Waals surface area contributed by atoms with Crippen LogP contribution in [0, 0.1) is 13.8 Å². The minimum absolute atomic E-state index is 0.0518. The van der Waals surface area contributed by atoms with Gasteiger partial charge in [0.05, 0.1) is 0 Å². The summed E-state index contributed by atoms with van der Waals surface area (Å²) in [5.41, 5.74) is 2.34. The van der Waals surface area contributed by atoms with E-state index in [1.807, 2.05) is 32.0 Å². The molecule has 4 heteroatoms. The van der Waals surface area contributed by atoms with Gasteiger partial charge in [-0.15, -0.1) is 0 Å². The fourth-order valence-electron chi connectivity index (χ4n) is 1.98. The first kappa shape index (κ1) is 13.9. The molecular formula is C16H17NO3. The Kier molecular flexibility index (Phi) is 4.25. The predicted molar refractivity (Wildman–Crippen MR) is 78.1 cm³/mol. The standard InChI is InChI=1S/C16H17NO3/c1-11-8-13(18)9-12(2)16(11)17-15(19)10-20-14-6-4-3-5-7-14/h3-9,18H,10H2,1-2H3,(H,17,19). The van der Waals surface area contributed by atoms with Crippen LogP contribution in [0.3, 0.4) is 0 Å². The topological polar surface area (TPSA) is 58.6 Å². The zero-order valence-electron chi connectivity index (χ0n) is 11.5. The monoisotopic (exact) mass is 271 g/mol. The van der Waals surface area contributed by atoms with Crippen LogP contribution in [0.2, 0.25) is 0 Å². The summed E-state index contributed by atoms with van der Waals surface area (Å²) < 4.78 is 5.38. The average molecular weight is 271 g/mol. The minimum Gasteiger partial charge on any atom is -0.508 e. The second-order valence-electron chi connectivity index (χ2n) is 4.60. The number of carbonyl (C=O) groups is 1. The van der Waals surface area contributed by atoms with Crippen molar-refractivity contribution in [1.29, 1.82) is 0 Å². The summed E-state index contributed by atoms with van der Waals surface area (Å²) in [4.78, 5) is 11.9. The smallest absolute Gasteiger partial charge is 0.262 e. The summed E-state index contributed by atoms with van der Waals surface area (Å²) in [7, 11) is 0. The lowest BCUT2D eigenvalue weighted by molar-refractivity contribution is -0.118. The van der Waals surface area contributed by atoms with Gasteiger partial charge in [-0.2, -0.15) is 0 Å². The van der Waals surface area contributed by atoms with Gasteiger partial charge in [-0.3, -0.25) is 4.79 Å². The summed E-state index contributed by atoms with van der Waals surface area (Å²) in [5.74, 6) is 0.617. The summed E-state index contributed by atoms with van der Waals surface area (Å²) in [6.07, 6.45) is 0. The van der Waals surface area contributed by atoms with Crippen LogP contribution < -0.4 is 10.1 Å². The van der Waals surface area contributed by atoms with Crippen LogP contribution in [0.4, 0.5) is 5.69 Å². The van der Waals surface area contributed by atoms with E-state index in [4.69, 9.17) is 4.74 Å². The highest BCUT2D eigenvalue weighted by Crippen LogP contribution is 2.25. The number of phenols is 1. The fraction of sp³-hybridized carbons (Fsp3) is 0.188. The summed E-state index contributed by atoms with van der Waals surface area (Å²) in [5, 5.41) is 12.3. The van der Waals surface area contributed by atoms with Crippen LogP contribution in [-0.4, -0.2) is 17.6 Å². The third-order valence-corrected chi connectivity index (χ3v) is 2.90. The van der Waals surface area contributed by atoms with Gasteiger partial charge in [-0.05, 0) is 49.2 Å². The molecule has 20 heavy (non-hydrogen) atoms. The van der Waals surface area contributed by atoms with E-state index in [0.29, 0.717) is 11.4 Å². The summed E-state index contributed by atoms with van der Waals surface area (Å²) in [6, 6.07) is 12.4. The molecule has 0 atom stereocenters. The zero-order chi connectivity index (χ0) is 14.5. The second-order valence-corrected chi connectivity index (χ2v) is 4.60. The Morgan fingerprint density at radius 3 is 2.35 bits per heavy atom. The van der Waals surface area contributed by atoms with E-state index in [1.165, 1.54) is 0 Å². The van der Waals surface area contributed by atoms with Crippen LogP contribution in [-0.2, 0) is 4.79 Å². The molecule has 2 aromatic rings. The molecule has 2 rings (SSSR count). The molecule has 0 aliphatic rings. The van der Waals surface area contributed by atoms with E-state index in [-0.39, 0.29) is 18.3 Å². The molecule has 0 aromatic heterocycles. The lowest BCUT2D eigenvalue weighted by Crippen LogP contribution is -2.21. The first-order chi connectivity index (χ1) is 9.56. The van der Waals surface area contributed by atoms with Gasteiger partial charge in [0.15, 0.2) is 6.61 Å². The lowest BCUT2D eigenvalue weighted by atomic mass is 10.1. The number of phenolic OH excluding ortho intramolecular Hbond substituents is 1. The maximum atomic E-state index is 11.9. The Balaban J connectivity index is 1.98. The molecule has 0 saturated carbocycles. The molecule has 0 spiro atoms. The third kappa shape index (κ3) is 3.51. The van der Waals surface area contributed by atoms with Gasteiger partial charge in [-0.25, -0.2) is 0 Å². The molecule has 2 aromatic carbocycles. The second kappa shape index (κ2) is 6.10. The van der Waals surface area contributed by atoms with Crippen LogP contribution in [0.25, 0.3) is 0 Å². The summed E-state index contributed by atoms with van der Waals surface area (Å²) in [6.45, 7) is 3.62. The first-order valence-corrected chi connectivity index (χ1v) is 6.34. The Hall–Kier alpha value is -2.49. The molecule has 0 fully saturated rings. The fourth-order valence-corrected chi connectivity index (χ4v) is 1.98. The molecule has 2 N–H and O–H groups in total. The van der Waals surface area contributed by atoms with Gasteiger partial charge >= 0.3 is 0 Å². The number of aromatic hydroxyl groups is 1. The maximum absolute atomic E-state index is 11.9. The van der Waals surface area contributed by atoms with Crippen molar-refractivity contribution in [3.8, 4) is 11.5 Å². The first-order valence-electron chi connectivity index (χ1n) is 6.34. The molecule has 104 valence electrons. The van der Waals surface area contributed by atoms with E-state index in [9.17, 15) is 9.90 Å². The van der Waals surface area contributed by atoms with Crippen molar-refractivity contribution in [3.63, 3.8) is 0 Å². The van der Waals surface area contributed by atoms with Crippen LogP contribution in [0.5, 0.6) is 11.5 Å². The number of anilines is 1. The van der Waals surface area contributed by atoms with Crippen molar-refractivity contribution < 1.29 is 14.6 Å². The van der Waals surface area contributed by atoms with E-state index >= 15 is 0 Å². The number of ether oxygens (including phenoxy) is 1. The normalized spacial score (nSPS) is 10.1. The number of nitrogens with one attached hydrogen (secondary N) is 1. The summed E-state index contributed by atoms with van der Waals surface area (Å²) >= 11 is 0.